The van der Waals surface area contributed by atoms with Crippen molar-refractivity contribution in [2.75, 3.05) is 13.2 Å². The quantitative estimate of drug-likeness (QED) is 0.818. The molecule has 0 spiro atoms. The first-order chi connectivity index (χ1) is 10.2. The maximum Gasteiger partial charge on any atom is 0.252 e. The average molecular weight is 324 g/mol. The van der Waals surface area contributed by atoms with Gasteiger partial charge < -0.3 is 10.1 Å². The molecular weight excluding hydrogens is 309 g/mol. The maximum atomic E-state index is 11.9. The summed E-state index contributed by atoms with van der Waals surface area (Å²) in [6.07, 6.45) is 0. The third kappa shape index (κ3) is 5.05. The third-order valence-electron chi connectivity index (χ3n) is 2.82. The van der Waals surface area contributed by atoms with E-state index in [0.29, 0.717) is 35.4 Å². The Bertz CT molecular complexity index is 602. The summed E-state index contributed by atoms with van der Waals surface area (Å²) >= 11 is 11.8. The summed E-state index contributed by atoms with van der Waals surface area (Å²) in [6.45, 7) is 1.38. The molecule has 0 unspecified atom stereocenters. The molecule has 110 valence electrons. The molecule has 1 amide bonds. The molecule has 3 nitrogen and oxygen atoms in total. The molecule has 21 heavy (non-hydrogen) atoms. The molecule has 2 aromatic rings. The lowest BCUT2D eigenvalue weighted by molar-refractivity contribution is 0.0901. The van der Waals surface area contributed by atoms with Gasteiger partial charge in [0.2, 0.25) is 0 Å². The topological polar surface area (TPSA) is 38.3 Å². The van der Waals surface area contributed by atoms with Crippen molar-refractivity contribution < 1.29 is 9.53 Å². The van der Waals surface area contributed by atoms with Gasteiger partial charge in [-0.3, -0.25) is 4.79 Å². The van der Waals surface area contributed by atoms with Crippen LogP contribution in [-0.4, -0.2) is 19.1 Å². The van der Waals surface area contributed by atoms with Gasteiger partial charge in [-0.15, -0.1) is 0 Å². The minimum atomic E-state index is -0.236. The van der Waals surface area contributed by atoms with E-state index in [0.717, 1.165) is 5.56 Å². The second-order valence-corrected chi connectivity index (χ2v) is 5.26. The Morgan fingerprint density at radius 2 is 1.86 bits per heavy atom. The van der Waals surface area contributed by atoms with Gasteiger partial charge in [0, 0.05) is 11.6 Å². The summed E-state index contributed by atoms with van der Waals surface area (Å²) in [5, 5.41) is 3.59. The second-order valence-electron chi connectivity index (χ2n) is 4.42. The smallest absolute Gasteiger partial charge is 0.252 e. The van der Waals surface area contributed by atoms with Crippen LogP contribution in [-0.2, 0) is 11.3 Å². The lowest BCUT2D eigenvalue weighted by Gasteiger charge is -2.08. The highest BCUT2D eigenvalue weighted by Crippen LogP contribution is 2.20. The van der Waals surface area contributed by atoms with Gasteiger partial charge in [-0.25, -0.2) is 0 Å². The predicted molar refractivity (Wildman–Crippen MR) is 84.9 cm³/mol. The Morgan fingerprint density at radius 1 is 1.10 bits per heavy atom. The summed E-state index contributed by atoms with van der Waals surface area (Å²) in [5.41, 5.74) is 1.51. The zero-order chi connectivity index (χ0) is 15.1. The molecule has 5 heteroatoms. The molecule has 0 atom stereocenters. The number of nitrogens with one attached hydrogen (secondary N) is 1. The van der Waals surface area contributed by atoms with Crippen LogP contribution >= 0.6 is 23.2 Å². The van der Waals surface area contributed by atoms with Crippen LogP contribution in [0.25, 0.3) is 0 Å². The van der Waals surface area contributed by atoms with Gasteiger partial charge in [-0.1, -0.05) is 53.5 Å². The molecule has 1 N–H and O–H groups in total. The van der Waals surface area contributed by atoms with E-state index in [-0.39, 0.29) is 5.91 Å². The number of ether oxygens (including phenoxy) is 1. The molecule has 0 aliphatic rings. The molecule has 0 aromatic heterocycles. The molecular formula is C16H15Cl2NO2. The summed E-state index contributed by atoms with van der Waals surface area (Å²) in [7, 11) is 0. The monoisotopic (exact) mass is 323 g/mol. The van der Waals surface area contributed by atoms with Crippen LogP contribution < -0.4 is 5.32 Å². The van der Waals surface area contributed by atoms with Gasteiger partial charge >= 0.3 is 0 Å². The molecule has 2 aromatic carbocycles. The van der Waals surface area contributed by atoms with Crippen molar-refractivity contribution in [1.82, 2.24) is 5.32 Å². The van der Waals surface area contributed by atoms with Crippen LogP contribution in [0, 0.1) is 0 Å². The Hall–Kier alpha value is -1.55. The Morgan fingerprint density at radius 3 is 2.57 bits per heavy atom. The summed E-state index contributed by atoms with van der Waals surface area (Å²) in [4.78, 5) is 11.9. The number of carbonyl (C=O) groups excluding carboxylic acids is 1. The molecule has 0 bridgehead atoms. The fraction of sp³-hybridized carbons (Fsp3) is 0.188. The Balaban J connectivity index is 1.72. The zero-order valence-corrected chi connectivity index (χ0v) is 12.8. The number of hydrogen-bond acceptors (Lipinski definition) is 2. The first kappa shape index (κ1) is 15.8. The van der Waals surface area contributed by atoms with Gasteiger partial charge in [0.25, 0.3) is 5.91 Å². The normalized spacial score (nSPS) is 10.4. The van der Waals surface area contributed by atoms with Crippen molar-refractivity contribution in [2.24, 2.45) is 0 Å². The predicted octanol–water partition coefficient (Wildman–Crippen LogP) is 3.94. The fourth-order valence-corrected chi connectivity index (χ4v) is 2.26. The van der Waals surface area contributed by atoms with Crippen molar-refractivity contribution in [3.05, 3.63) is 69.7 Å². The largest absolute Gasteiger partial charge is 0.375 e. The molecule has 0 fully saturated rings. The van der Waals surface area contributed by atoms with E-state index in [1.54, 1.807) is 18.2 Å². The summed E-state index contributed by atoms with van der Waals surface area (Å²) in [6, 6.07) is 14.6. The van der Waals surface area contributed by atoms with Gasteiger partial charge in [0.1, 0.15) is 0 Å². The molecule has 0 heterocycles. The van der Waals surface area contributed by atoms with Crippen LogP contribution in [0.1, 0.15) is 15.9 Å². The maximum absolute atomic E-state index is 11.9. The van der Waals surface area contributed by atoms with E-state index in [2.05, 4.69) is 5.32 Å². The minimum Gasteiger partial charge on any atom is -0.375 e. The van der Waals surface area contributed by atoms with Crippen molar-refractivity contribution in [2.45, 2.75) is 6.61 Å². The summed E-state index contributed by atoms with van der Waals surface area (Å²) < 4.78 is 5.49. The van der Waals surface area contributed by atoms with Gasteiger partial charge in [-0.2, -0.15) is 0 Å². The van der Waals surface area contributed by atoms with Crippen LogP contribution in [0.4, 0.5) is 0 Å². The lowest BCUT2D eigenvalue weighted by atomic mass is 10.2. The number of carbonyl (C=O) groups is 1. The van der Waals surface area contributed by atoms with E-state index in [9.17, 15) is 4.79 Å². The lowest BCUT2D eigenvalue weighted by Crippen LogP contribution is -2.27. The zero-order valence-electron chi connectivity index (χ0n) is 11.3. The third-order valence-corrected chi connectivity index (χ3v) is 3.37. The van der Waals surface area contributed by atoms with Crippen LogP contribution in [0.15, 0.2) is 48.5 Å². The van der Waals surface area contributed by atoms with Crippen molar-refractivity contribution in [3.8, 4) is 0 Å². The van der Waals surface area contributed by atoms with Crippen molar-refractivity contribution in [1.29, 1.82) is 0 Å². The highest BCUT2D eigenvalue weighted by Gasteiger charge is 2.09. The van der Waals surface area contributed by atoms with E-state index < -0.39 is 0 Å². The molecule has 0 aliphatic carbocycles. The van der Waals surface area contributed by atoms with E-state index >= 15 is 0 Å². The molecule has 2 rings (SSSR count). The van der Waals surface area contributed by atoms with Crippen molar-refractivity contribution >= 4 is 29.1 Å². The standard InChI is InChI=1S/C16H15Cl2NO2/c17-13-6-7-14(15(18)10-13)16(20)19-8-9-21-11-12-4-2-1-3-5-12/h1-7,10H,8-9,11H2,(H,19,20). The first-order valence-corrected chi connectivity index (χ1v) is 7.27. The number of amides is 1. The number of halogens is 2. The van der Waals surface area contributed by atoms with Crippen LogP contribution in [0.5, 0.6) is 0 Å². The average Bonchev–Trinajstić information content (AvgIpc) is 2.47. The van der Waals surface area contributed by atoms with Crippen molar-refractivity contribution in [3.63, 3.8) is 0 Å². The van der Waals surface area contributed by atoms with Crippen LogP contribution in [0.3, 0.4) is 0 Å². The Kier molecular flexibility index (Phi) is 6.05. The highest BCUT2D eigenvalue weighted by atomic mass is 35.5. The molecule has 0 aliphatic heterocycles. The van der Waals surface area contributed by atoms with Gasteiger partial charge in [0.05, 0.1) is 23.8 Å². The highest BCUT2D eigenvalue weighted by molar-refractivity contribution is 6.36. The number of benzene rings is 2. The van der Waals surface area contributed by atoms with E-state index in [1.807, 2.05) is 30.3 Å². The summed E-state index contributed by atoms with van der Waals surface area (Å²) in [5.74, 6) is -0.236. The molecule has 0 saturated heterocycles. The Labute approximate surface area is 133 Å². The fourth-order valence-electron chi connectivity index (χ4n) is 1.77. The van der Waals surface area contributed by atoms with E-state index in [1.165, 1.54) is 0 Å². The second kappa shape index (κ2) is 8.03. The molecule has 0 saturated carbocycles. The van der Waals surface area contributed by atoms with E-state index in [4.69, 9.17) is 27.9 Å². The van der Waals surface area contributed by atoms with Gasteiger partial charge in [-0.05, 0) is 23.8 Å². The number of hydrogen-bond donors (Lipinski definition) is 1. The number of rotatable bonds is 6. The van der Waals surface area contributed by atoms with Gasteiger partial charge in [0.15, 0.2) is 0 Å². The molecule has 0 radical (unpaired) electrons. The van der Waals surface area contributed by atoms with Crippen LogP contribution in [0.2, 0.25) is 10.0 Å². The SMILES string of the molecule is O=C(NCCOCc1ccccc1)c1ccc(Cl)cc1Cl. The minimum absolute atomic E-state index is 0.236. The first-order valence-electron chi connectivity index (χ1n) is 6.52.